The van der Waals surface area contributed by atoms with Crippen LogP contribution in [0.2, 0.25) is 0 Å². The molecule has 0 bridgehead atoms. The van der Waals surface area contributed by atoms with Crippen molar-refractivity contribution in [3.05, 3.63) is 97.3 Å². The zero-order chi connectivity index (χ0) is 16.9. The Kier molecular flexibility index (Phi) is 4.21. The molecule has 0 aliphatic carbocycles. The van der Waals surface area contributed by atoms with Gasteiger partial charge in [-0.2, -0.15) is 0 Å². The highest BCUT2D eigenvalue weighted by molar-refractivity contribution is 5.68. The van der Waals surface area contributed by atoms with Gasteiger partial charge in [0.25, 0.3) is 0 Å². The second-order valence-corrected chi connectivity index (χ2v) is 5.72. The van der Waals surface area contributed by atoms with E-state index in [9.17, 15) is 0 Å². The van der Waals surface area contributed by atoms with Crippen LogP contribution >= 0.6 is 0 Å². The summed E-state index contributed by atoms with van der Waals surface area (Å²) in [6, 6.07) is 28.6. The van der Waals surface area contributed by atoms with E-state index in [0.717, 1.165) is 22.8 Å². The van der Waals surface area contributed by atoms with E-state index >= 15 is 0 Å². The highest BCUT2D eigenvalue weighted by Crippen LogP contribution is 2.23. The van der Waals surface area contributed by atoms with E-state index in [-0.39, 0.29) is 0 Å². The van der Waals surface area contributed by atoms with Crippen LogP contribution in [0.1, 0.15) is 0 Å². The van der Waals surface area contributed by atoms with Crippen molar-refractivity contribution in [1.82, 2.24) is 9.97 Å². The molecule has 0 spiro atoms. The van der Waals surface area contributed by atoms with Crippen molar-refractivity contribution in [2.24, 2.45) is 0 Å². The molecule has 4 aromatic rings. The van der Waals surface area contributed by atoms with Gasteiger partial charge in [0.1, 0.15) is 0 Å². The Balaban J connectivity index is 1.49. The number of nitrogens with zero attached hydrogens (tertiary/aromatic N) is 2. The van der Waals surface area contributed by atoms with Crippen molar-refractivity contribution in [3.8, 4) is 22.5 Å². The molecule has 3 nitrogen and oxygen atoms in total. The number of benzene rings is 2. The van der Waals surface area contributed by atoms with Crippen LogP contribution < -0.4 is 5.32 Å². The largest absolute Gasteiger partial charge is 0.354 e. The van der Waals surface area contributed by atoms with E-state index in [1.165, 1.54) is 11.1 Å². The van der Waals surface area contributed by atoms with E-state index in [2.05, 4.69) is 63.8 Å². The molecule has 2 heterocycles. The van der Waals surface area contributed by atoms with Gasteiger partial charge in [-0.1, -0.05) is 48.5 Å². The lowest BCUT2D eigenvalue weighted by Gasteiger charge is -2.08. The van der Waals surface area contributed by atoms with Crippen LogP contribution in [0.15, 0.2) is 97.3 Å². The predicted molar refractivity (Wildman–Crippen MR) is 103 cm³/mol. The van der Waals surface area contributed by atoms with Crippen LogP contribution in [-0.2, 0) is 0 Å². The first-order chi connectivity index (χ1) is 12.4. The average Bonchev–Trinajstić information content (AvgIpc) is 2.71. The molecule has 0 aliphatic heterocycles. The summed E-state index contributed by atoms with van der Waals surface area (Å²) in [5.74, 6) is 0. The van der Waals surface area contributed by atoms with Gasteiger partial charge < -0.3 is 5.32 Å². The van der Waals surface area contributed by atoms with Gasteiger partial charge >= 0.3 is 0 Å². The first-order valence-corrected chi connectivity index (χ1v) is 8.18. The van der Waals surface area contributed by atoms with E-state index in [1.807, 2.05) is 42.6 Å². The van der Waals surface area contributed by atoms with Gasteiger partial charge in [0, 0.05) is 11.9 Å². The molecular weight excluding hydrogens is 306 g/mol. The monoisotopic (exact) mass is 323 g/mol. The van der Waals surface area contributed by atoms with Crippen molar-refractivity contribution >= 4 is 11.4 Å². The summed E-state index contributed by atoms with van der Waals surface area (Å²) < 4.78 is 0. The van der Waals surface area contributed by atoms with E-state index in [1.54, 1.807) is 6.20 Å². The number of rotatable bonds is 4. The lowest BCUT2D eigenvalue weighted by molar-refractivity contribution is 1.25. The van der Waals surface area contributed by atoms with Gasteiger partial charge in [0.2, 0.25) is 0 Å². The first-order valence-electron chi connectivity index (χ1n) is 8.18. The van der Waals surface area contributed by atoms with Crippen LogP contribution in [0, 0.1) is 0 Å². The molecule has 0 atom stereocenters. The normalized spacial score (nSPS) is 10.4. The highest BCUT2D eigenvalue weighted by Gasteiger charge is 2.01. The predicted octanol–water partition coefficient (Wildman–Crippen LogP) is 5.55. The van der Waals surface area contributed by atoms with Crippen LogP contribution in [0.25, 0.3) is 22.5 Å². The maximum atomic E-state index is 4.49. The van der Waals surface area contributed by atoms with Crippen LogP contribution in [0.3, 0.4) is 0 Å². The second kappa shape index (κ2) is 6.97. The lowest BCUT2D eigenvalue weighted by Crippen LogP contribution is -1.92. The third-order valence-corrected chi connectivity index (χ3v) is 3.97. The van der Waals surface area contributed by atoms with Crippen LogP contribution in [-0.4, -0.2) is 9.97 Å². The molecule has 3 heteroatoms. The first kappa shape index (κ1) is 15.1. The summed E-state index contributed by atoms with van der Waals surface area (Å²) in [4.78, 5) is 8.80. The summed E-state index contributed by atoms with van der Waals surface area (Å²) in [6.07, 6.45) is 3.60. The number of hydrogen-bond donors (Lipinski definition) is 1. The molecule has 2 aromatic heterocycles. The Morgan fingerprint density at radius 3 is 1.88 bits per heavy atom. The van der Waals surface area contributed by atoms with Gasteiger partial charge in [-0.3, -0.25) is 9.97 Å². The maximum Gasteiger partial charge on any atom is 0.0887 e. The number of hydrogen-bond acceptors (Lipinski definition) is 3. The van der Waals surface area contributed by atoms with Crippen LogP contribution in [0.5, 0.6) is 0 Å². The van der Waals surface area contributed by atoms with Crippen molar-refractivity contribution in [2.75, 3.05) is 5.32 Å². The molecule has 4 rings (SSSR count). The second-order valence-electron chi connectivity index (χ2n) is 5.72. The molecule has 2 aromatic carbocycles. The fourth-order valence-corrected chi connectivity index (χ4v) is 2.68. The minimum atomic E-state index is 0.866. The van der Waals surface area contributed by atoms with E-state index < -0.39 is 0 Å². The van der Waals surface area contributed by atoms with Crippen molar-refractivity contribution in [1.29, 1.82) is 0 Å². The fraction of sp³-hybridized carbons (Fsp3) is 0. The van der Waals surface area contributed by atoms with Gasteiger partial charge in [-0.25, -0.2) is 0 Å². The topological polar surface area (TPSA) is 37.8 Å². The van der Waals surface area contributed by atoms with Crippen LogP contribution in [0.4, 0.5) is 11.4 Å². The van der Waals surface area contributed by atoms with Crippen molar-refractivity contribution in [2.45, 2.75) is 0 Å². The molecule has 0 amide bonds. The fourth-order valence-electron chi connectivity index (χ4n) is 2.68. The number of nitrogens with one attached hydrogen (secondary N) is 1. The Labute approximate surface area is 147 Å². The third-order valence-electron chi connectivity index (χ3n) is 3.97. The Bertz CT molecular complexity index is 851. The van der Waals surface area contributed by atoms with Crippen molar-refractivity contribution in [3.63, 3.8) is 0 Å². The smallest absolute Gasteiger partial charge is 0.0887 e. The zero-order valence-electron chi connectivity index (χ0n) is 13.6. The minimum absolute atomic E-state index is 0.866. The number of aromatic nitrogens is 2. The number of pyridine rings is 2. The Morgan fingerprint density at radius 2 is 1.20 bits per heavy atom. The Hall–Kier alpha value is -3.46. The van der Waals surface area contributed by atoms with Gasteiger partial charge in [0.05, 0.1) is 23.3 Å². The SMILES string of the molecule is c1ccc(-c2ccc(Nc3ccc(-c4ccccn4)nc3)cc2)cc1. The molecule has 25 heavy (non-hydrogen) atoms. The Morgan fingerprint density at radius 1 is 0.520 bits per heavy atom. The summed E-state index contributed by atoms with van der Waals surface area (Å²) in [7, 11) is 0. The average molecular weight is 323 g/mol. The minimum Gasteiger partial charge on any atom is -0.354 e. The number of anilines is 2. The summed E-state index contributed by atoms with van der Waals surface area (Å²) in [5.41, 5.74) is 6.15. The quantitative estimate of drug-likeness (QED) is 0.535. The molecule has 1 N–H and O–H groups in total. The molecule has 0 radical (unpaired) electrons. The molecule has 0 saturated carbocycles. The van der Waals surface area contributed by atoms with Crippen molar-refractivity contribution < 1.29 is 0 Å². The molecule has 0 unspecified atom stereocenters. The molecule has 0 saturated heterocycles. The van der Waals surface area contributed by atoms with Gasteiger partial charge in [-0.15, -0.1) is 0 Å². The summed E-state index contributed by atoms with van der Waals surface area (Å²) >= 11 is 0. The van der Waals surface area contributed by atoms with Gasteiger partial charge in [-0.05, 0) is 47.5 Å². The maximum absolute atomic E-state index is 4.49. The summed E-state index contributed by atoms with van der Waals surface area (Å²) in [6.45, 7) is 0. The van der Waals surface area contributed by atoms with Gasteiger partial charge in [0.15, 0.2) is 0 Å². The zero-order valence-corrected chi connectivity index (χ0v) is 13.6. The molecule has 0 fully saturated rings. The molecule has 120 valence electrons. The standard InChI is InChI=1S/C22H17N3/c1-2-6-17(7-3-1)18-9-11-19(12-10-18)25-20-13-14-22(24-16-20)21-8-4-5-15-23-21/h1-16,25H. The van der Waals surface area contributed by atoms with E-state index in [4.69, 9.17) is 0 Å². The van der Waals surface area contributed by atoms with E-state index in [0.29, 0.717) is 0 Å². The highest BCUT2D eigenvalue weighted by atomic mass is 14.9. The lowest BCUT2D eigenvalue weighted by atomic mass is 10.1. The summed E-state index contributed by atoms with van der Waals surface area (Å²) in [5, 5.41) is 3.38. The molecular formula is C22H17N3. The third kappa shape index (κ3) is 3.56. The molecule has 0 aliphatic rings.